The van der Waals surface area contributed by atoms with Gasteiger partial charge in [-0.3, -0.25) is 4.79 Å². The Morgan fingerprint density at radius 3 is 2.63 bits per heavy atom. The van der Waals surface area contributed by atoms with Crippen molar-refractivity contribution < 1.29 is 23.1 Å². The number of aliphatic carboxylic acids is 1. The molecule has 0 saturated carbocycles. The number of nitrogens with one attached hydrogen (secondary N) is 1. The number of aromatic nitrogens is 2. The summed E-state index contributed by atoms with van der Waals surface area (Å²) in [6.45, 7) is 7.77. The largest absolute Gasteiger partial charge is 0.481 e. The van der Waals surface area contributed by atoms with Crippen molar-refractivity contribution in [1.82, 2.24) is 9.36 Å². The zero-order chi connectivity index (χ0) is 26.0. The molecule has 0 spiro atoms. The summed E-state index contributed by atoms with van der Waals surface area (Å²) >= 11 is 0.615. The lowest BCUT2D eigenvalue weighted by Gasteiger charge is -2.29. The van der Waals surface area contributed by atoms with Crippen LogP contribution in [0.2, 0.25) is 0 Å². The van der Waals surface area contributed by atoms with Crippen molar-refractivity contribution in [2.75, 3.05) is 29.9 Å². The van der Waals surface area contributed by atoms with Crippen LogP contribution in [-0.4, -0.2) is 40.1 Å². The minimum absolute atomic E-state index is 0.000439. The standard InChI is InChI=1S/C22H30F3N7O2S/c1-14(2)13-32(10-6-4-5-9-27-31-26)18-8-7-16(15(3)11-19(33)34)12-17(18)28-21-29-20(30-35-21)22(23,24)25/h7-8,12,14-15H,4-6,9-11,13H2,1-3H3,(H,33,34)(H,28,29,30)/t15-/m1/s1. The van der Waals surface area contributed by atoms with E-state index in [-0.39, 0.29) is 17.5 Å². The third-order valence-electron chi connectivity index (χ3n) is 5.17. The minimum Gasteiger partial charge on any atom is -0.481 e. The average Bonchev–Trinajstić information content (AvgIpc) is 3.24. The first-order valence-corrected chi connectivity index (χ1v) is 12.1. The molecule has 1 heterocycles. The number of carbonyl (C=O) groups is 1. The van der Waals surface area contributed by atoms with Crippen molar-refractivity contribution >= 4 is 34.0 Å². The van der Waals surface area contributed by atoms with E-state index in [0.29, 0.717) is 42.8 Å². The van der Waals surface area contributed by atoms with Crippen LogP contribution in [0.5, 0.6) is 0 Å². The lowest BCUT2D eigenvalue weighted by molar-refractivity contribution is -0.144. The van der Waals surface area contributed by atoms with Gasteiger partial charge in [0.1, 0.15) is 0 Å². The second-order valence-corrected chi connectivity index (χ2v) is 9.43. The van der Waals surface area contributed by atoms with Gasteiger partial charge in [-0.1, -0.05) is 38.4 Å². The molecule has 0 fully saturated rings. The fourth-order valence-electron chi connectivity index (χ4n) is 3.58. The Kier molecular flexibility index (Phi) is 10.6. The molecule has 1 aromatic heterocycles. The first-order valence-electron chi connectivity index (χ1n) is 11.3. The zero-order valence-corrected chi connectivity index (χ0v) is 20.7. The van der Waals surface area contributed by atoms with Crippen molar-refractivity contribution in [2.24, 2.45) is 11.0 Å². The molecule has 2 aromatic rings. The van der Waals surface area contributed by atoms with Crippen molar-refractivity contribution in [3.05, 3.63) is 40.0 Å². The monoisotopic (exact) mass is 513 g/mol. The second kappa shape index (κ2) is 13.1. The highest BCUT2D eigenvalue weighted by Crippen LogP contribution is 2.36. The molecule has 1 aromatic carbocycles. The Balaban J connectivity index is 2.36. The summed E-state index contributed by atoms with van der Waals surface area (Å²) < 4.78 is 42.4. The maximum atomic E-state index is 13.0. The Labute approximate surface area is 206 Å². The van der Waals surface area contributed by atoms with E-state index in [0.717, 1.165) is 30.5 Å². The molecule has 0 saturated heterocycles. The lowest BCUT2D eigenvalue weighted by atomic mass is 9.96. The molecule has 2 N–H and O–H groups in total. The highest BCUT2D eigenvalue weighted by molar-refractivity contribution is 7.09. The summed E-state index contributed by atoms with van der Waals surface area (Å²) in [6, 6.07) is 5.49. The molecule has 2 rings (SSSR count). The SMILES string of the molecule is CC(C)CN(CCCCCN=[N+]=[N-])c1ccc([C@H](C)CC(=O)O)cc1Nc1nc(C(F)(F)F)ns1. The van der Waals surface area contributed by atoms with Gasteiger partial charge in [-0.25, -0.2) is 0 Å². The van der Waals surface area contributed by atoms with E-state index in [4.69, 9.17) is 5.53 Å². The van der Waals surface area contributed by atoms with E-state index in [1.807, 2.05) is 12.1 Å². The molecular weight excluding hydrogens is 483 g/mol. The van der Waals surface area contributed by atoms with Crippen LogP contribution < -0.4 is 10.2 Å². The Bertz CT molecular complexity index is 1020. The van der Waals surface area contributed by atoms with Gasteiger partial charge in [0.15, 0.2) is 0 Å². The quantitative estimate of drug-likeness (QED) is 0.123. The third-order valence-corrected chi connectivity index (χ3v) is 5.80. The molecule has 0 aliphatic heterocycles. The van der Waals surface area contributed by atoms with Crippen molar-refractivity contribution in [1.29, 1.82) is 0 Å². The van der Waals surface area contributed by atoms with Gasteiger partial charge in [-0.15, -0.1) is 0 Å². The lowest BCUT2D eigenvalue weighted by Crippen LogP contribution is -2.29. The van der Waals surface area contributed by atoms with Gasteiger partial charge in [0.25, 0.3) is 0 Å². The molecule has 0 radical (unpaired) electrons. The van der Waals surface area contributed by atoms with Gasteiger partial charge in [0, 0.05) is 36.1 Å². The Morgan fingerprint density at radius 2 is 2.03 bits per heavy atom. The van der Waals surface area contributed by atoms with Crippen LogP contribution in [0.4, 0.5) is 29.7 Å². The molecule has 192 valence electrons. The van der Waals surface area contributed by atoms with Crippen molar-refractivity contribution in [2.45, 2.75) is 58.5 Å². The normalized spacial score (nSPS) is 12.3. The molecule has 13 heteroatoms. The van der Waals surface area contributed by atoms with Crippen LogP contribution in [0.3, 0.4) is 0 Å². The first-order chi connectivity index (χ1) is 16.5. The number of alkyl halides is 3. The second-order valence-electron chi connectivity index (χ2n) is 8.68. The summed E-state index contributed by atoms with van der Waals surface area (Å²) in [7, 11) is 0. The van der Waals surface area contributed by atoms with E-state index in [2.05, 4.69) is 43.4 Å². The fraction of sp³-hybridized carbons (Fsp3) is 0.591. The third kappa shape index (κ3) is 9.25. The summed E-state index contributed by atoms with van der Waals surface area (Å²) in [4.78, 5) is 19.7. The van der Waals surface area contributed by atoms with Crippen LogP contribution >= 0.6 is 11.5 Å². The number of rotatable bonds is 14. The predicted molar refractivity (Wildman–Crippen MR) is 130 cm³/mol. The van der Waals surface area contributed by atoms with Crippen molar-refractivity contribution in [3.63, 3.8) is 0 Å². The molecule has 0 aliphatic rings. The van der Waals surface area contributed by atoms with Crippen molar-refractivity contribution in [3.8, 4) is 0 Å². The van der Waals surface area contributed by atoms with Gasteiger partial charge in [-0.2, -0.15) is 22.5 Å². The Hall–Kier alpha value is -3.05. The van der Waals surface area contributed by atoms with E-state index < -0.39 is 18.0 Å². The van der Waals surface area contributed by atoms with E-state index in [1.165, 1.54) is 0 Å². The summed E-state index contributed by atoms with van der Waals surface area (Å²) in [5, 5.41) is 15.7. The van der Waals surface area contributed by atoms with Gasteiger partial charge in [-0.05, 0) is 47.9 Å². The Morgan fingerprint density at radius 1 is 1.29 bits per heavy atom. The number of carboxylic acid groups (broad SMARTS) is 1. The minimum atomic E-state index is -4.64. The number of hydrogen-bond acceptors (Lipinski definition) is 7. The van der Waals surface area contributed by atoms with Crippen LogP contribution in [0.25, 0.3) is 10.4 Å². The van der Waals surface area contributed by atoms with E-state index in [1.54, 1.807) is 13.0 Å². The summed E-state index contributed by atoms with van der Waals surface area (Å²) in [5.74, 6) is -2.12. The molecule has 1 atom stereocenters. The van der Waals surface area contributed by atoms with E-state index in [9.17, 15) is 23.1 Å². The average molecular weight is 514 g/mol. The molecule has 0 amide bonds. The molecule has 0 unspecified atom stereocenters. The number of unbranched alkanes of at least 4 members (excludes halogenated alkanes) is 2. The molecule has 0 bridgehead atoms. The highest BCUT2D eigenvalue weighted by Gasteiger charge is 2.36. The molecule has 9 nitrogen and oxygen atoms in total. The van der Waals surface area contributed by atoms with Crippen LogP contribution in [0, 0.1) is 5.92 Å². The molecular formula is C22H30F3N7O2S. The number of anilines is 3. The first kappa shape index (κ1) is 28.2. The number of azide groups is 1. The van der Waals surface area contributed by atoms with Crippen LogP contribution in [-0.2, 0) is 11.0 Å². The maximum absolute atomic E-state index is 13.0. The predicted octanol–water partition coefficient (Wildman–Crippen LogP) is 6.82. The van der Waals surface area contributed by atoms with Gasteiger partial charge >= 0.3 is 12.1 Å². The zero-order valence-electron chi connectivity index (χ0n) is 19.9. The molecule has 35 heavy (non-hydrogen) atoms. The topological polar surface area (TPSA) is 127 Å². The molecule has 0 aliphatic carbocycles. The number of carboxylic acids is 1. The smallest absolute Gasteiger partial charge is 0.452 e. The number of halogens is 3. The van der Waals surface area contributed by atoms with Crippen LogP contribution in [0.15, 0.2) is 23.3 Å². The number of hydrogen-bond donors (Lipinski definition) is 2. The van der Waals surface area contributed by atoms with Gasteiger partial charge in [0.05, 0.1) is 17.8 Å². The maximum Gasteiger partial charge on any atom is 0.452 e. The van der Waals surface area contributed by atoms with Crippen LogP contribution in [0.1, 0.15) is 63.8 Å². The fourth-order valence-corrected chi connectivity index (χ4v) is 4.18. The highest BCUT2D eigenvalue weighted by atomic mass is 32.1. The summed E-state index contributed by atoms with van der Waals surface area (Å²) in [5.41, 5.74) is 10.5. The van der Waals surface area contributed by atoms with Gasteiger partial charge < -0.3 is 15.3 Å². The van der Waals surface area contributed by atoms with Gasteiger partial charge in [0.2, 0.25) is 11.0 Å². The van der Waals surface area contributed by atoms with E-state index >= 15 is 0 Å². The number of benzene rings is 1. The number of nitrogens with zero attached hydrogens (tertiary/aromatic N) is 6. The summed E-state index contributed by atoms with van der Waals surface area (Å²) in [6.07, 6.45) is -2.26.